The van der Waals surface area contributed by atoms with Gasteiger partial charge in [0.1, 0.15) is 0 Å². The van der Waals surface area contributed by atoms with Crippen LogP contribution in [0.15, 0.2) is 18.2 Å². The first-order valence-corrected chi connectivity index (χ1v) is 6.52. The summed E-state index contributed by atoms with van der Waals surface area (Å²) in [5.74, 6) is -1.17. The van der Waals surface area contributed by atoms with Gasteiger partial charge in [0.25, 0.3) is 10.2 Å². The Morgan fingerprint density at radius 1 is 1.47 bits per heavy atom. The zero-order valence-corrected chi connectivity index (χ0v) is 10.5. The number of nitrogens with one attached hydrogen (secondary N) is 2. The summed E-state index contributed by atoms with van der Waals surface area (Å²) in [6, 6.07) is 3.79. The molecule has 0 aliphatic carbocycles. The van der Waals surface area contributed by atoms with Gasteiger partial charge in [-0.1, -0.05) is 18.5 Å². The maximum atomic E-state index is 11.3. The van der Waals surface area contributed by atoms with Crippen molar-refractivity contribution in [2.75, 3.05) is 11.3 Å². The summed E-state index contributed by atoms with van der Waals surface area (Å²) < 4.78 is 27.1. The van der Waals surface area contributed by atoms with Crippen molar-refractivity contribution in [2.24, 2.45) is 0 Å². The predicted octanol–water partition coefficient (Wildman–Crippen LogP) is 1.30. The Hall–Kier alpha value is -1.31. The molecule has 1 aromatic rings. The van der Waals surface area contributed by atoms with Gasteiger partial charge in [0.2, 0.25) is 0 Å². The van der Waals surface area contributed by atoms with E-state index in [4.69, 9.17) is 16.7 Å². The SMILES string of the molecule is CCNS(=O)(=O)Nc1ccc(C(=O)O)c(Cl)c1. The molecule has 0 spiro atoms. The molecule has 0 radical (unpaired) electrons. The lowest BCUT2D eigenvalue weighted by molar-refractivity contribution is 0.0697. The molecule has 8 heteroatoms. The quantitative estimate of drug-likeness (QED) is 0.756. The van der Waals surface area contributed by atoms with Gasteiger partial charge in [0.15, 0.2) is 0 Å². The molecule has 0 aromatic heterocycles. The second-order valence-corrected chi connectivity index (χ2v) is 5.01. The van der Waals surface area contributed by atoms with E-state index in [0.717, 1.165) is 0 Å². The van der Waals surface area contributed by atoms with Crippen LogP contribution in [-0.4, -0.2) is 26.0 Å². The fourth-order valence-electron chi connectivity index (χ4n) is 1.13. The number of carboxylic acid groups (broad SMARTS) is 1. The summed E-state index contributed by atoms with van der Waals surface area (Å²) in [4.78, 5) is 10.7. The highest BCUT2D eigenvalue weighted by molar-refractivity contribution is 7.90. The van der Waals surface area contributed by atoms with Crippen molar-refractivity contribution in [1.29, 1.82) is 0 Å². The number of halogens is 1. The maximum Gasteiger partial charge on any atom is 0.337 e. The third kappa shape index (κ3) is 3.88. The lowest BCUT2D eigenvalue weighted by atomic mass is 10.2. The Balaban J connectivity index is 2.96. The molecule has 0 amide bonds. The van der Waals surface area contributed by atoms with E-state index in [1.54, 1.807) is 6.92 Å². The third-order valence-corrected chi connectivity index (χ3v) is 3.27. The Morgan fingerprint density at radius 2 is 2.12 bits per heavy atom. The number of anilines is 1. The average molecular weight is 279 g/mol. The molecule has 0 atom stereocenters. The van der Waals surface area contributed by atoms with Crippen molar-refractivity contribution in [1.82, 2.24) is 4.72 Å². The van der Waals surface area contributed by atoms with E-state index in [-0.39, 0.29) is 22.8 Å². The average Bonchev–Trinajstić information content (AvgIpc) is 2.15. The first-order chi connectivity index (χ1) is 7.85. The molecule has 0 heterocycles. The Kier molecular flexibility index (Phi) is 4.33. The fourth-order valence-corrected chi connectivity index (χ4v) is 2.28. The number of benzene rings is 1. The van der Waals surface area contributed by atoms with Crippen molar-refractivity contribution in [3.05, 3.63) is 28.8 Å². The number of rotatable bonds is 5. The lowest BCUT2D eigenvalue weighted by Crippen LogP contribution is -2.29. The first-order valence-electron chi connectivity index (χ1n) is 4.66. The molecule has 6 nitrogen and oxygen atoms in total. The molecule has 0 aliphatic heterocycles. The number of hydrogen-bond donors (Lipinski definition) is 3. The molecule has 94 valence electrons. The van der Waals surface area contributed by atoms with E-state index < -0.39 is 16.2 Å². The Bertz CT molecular complexity index is 530. The Labute approximate surface area is 104 Å². The van der Waals surface area contributed by atoms with E-state index in [1.165, 1.54) is 18.2 Å². The van der Waals surface area contributed by atoms with E-state index in [0.29, 0.717) is 0 Å². The zero-order valence-electron chi connectivity index (χ0n) is 8.90. The molecular weight excluding hydrogens is 268 g/mol. The first kappa shape index (κ1) is 13.8. The highest BCUT2D eigenvalue weighted by Crippen LogP contribution is 2.21. The van der Waals surface area contributed by atoms with E-state index >= 15 is 0 Å². The molecular formula is C9H11ClN2O4S. The van der Waals surface area contributed by atoms with Gasteiger partial charge in [-0.15, -0.1) is 0 Å². The monoisotopic (exact) mass is 278 g/mol. The van der Waals surface area contributed by atoms with Crippen molar-refractivity contribution < 1.29 is 18.3 Å². The van der Waals surface area contributed by atoms with Crippen molar-refractivity contribution in [3.63, 3.8) is 0 Å². The van der Waals surface area contributed by atoms with Gasteiger partial charge in [-0.2, -0.15) is 13.1 Å². The molecule has 0 saturated heterocycles. The van der Waals surface area contributed by atoms with Gasteiger partial charge in [-0.05, 0) is 18.2 Å². The highest BCUT2D eigenvalue weighted by atomic mass is 35.5. The van der Waals surface area contributed by atoms with Crippen LogP contribution in [0.2, 0.25) is 5.02 Å². The summed E-state index contributed by atoms with van der Waals surface area (Å²) in [6.45, 7) is 1.88. The van der Waals surface area contributed by atoms with Crippen LogP contribution in [0.4, 0.5) is 5.69 Å². The summed E-state index contributed by atoms with van der Waals surface area (Å²) >= 11 is 5.69. The van der Waals surface area contributed by atoms with Gasteiger partial charge in [0.05, 0.1) is 16.3 Å². The summed E-state index contributed by atoms with van der Waals surface area (Å²) in [7, 11) is -3.64. The standard InChI is InChI=1S/C9H11ClN2O4S/c1-2-11-17(15,16)12-6-3-4-7(9(13)14)8(10)5-6/h3-5,11-12H,2H2,1H3,(H,13,14). The van der Waals surface area contributed by atoms with Crippen molar-refractivity contribution >= 4 is 33.5 Å². The number of carbonyl (C=O) groups is 1. The fraction of sp³-hybridized carbons (Fsp3) is 0.222. The molecule has 0 bridgehead atoms. The molecule has 3 N–H and O–H groups in total. The topological polar surface area (TPSA) is 95.5 Å². The van der Waals surface area contributed by atoms with Crippen LogP contribution < -0.4 is 9.44 Å². The minimum absolute atomic E-state index is 0.0331. The van der Waals surface area contributed by atoms with Crippen molar-refractivity contribution in [2.45, 2.75) is 6.92 Å². The van der Waals surface area contributed by atoms with Gasteiger partial charge in [0, 0.05) is 6.54 Å². The van der Waals surface area contributed by atoms with E-state index in [9.17, 15) is 13.2 Å². The highest BCUT2D eigenvalue weighted by Gasteiger charge is 2.12. The van der Waals surface area contributed by atoms with E-state index in [2.05, 4.69) is 9.44 Å². The second-order valence-electron chi connectivity index (χ2n) is 3.10. The molecule has 0 aliphatic rings. The van der Waals surface area contributed by atoms with Crippen LogP contribution in [0.3, 0.4) is 0 Å². The number of carboxylic acids is 1. The molecule has 0 unspecified atom stereocenters. The van der Waals surface area contributed by atoms with Crippen LogP contribution in [0.5, 0.6) is 0 Å². The van der Waals surface area contributed by atoms with Crippen LogP contribution in [0, 0.1) is 0 Å². The van der Waals surface area contributed by atoms with Crippen LogP contribution >= 0.6 is 11.6 Å². The Morgan fingerprint density at radius 3 is 2.59 bits per heavy atom. The van der Waals surface area contributed by atoms with Gasteiger partial charge in [-0.25, -0.2) is 4.79 Å². The number of hydrogen-bond acceptors (Lipinski definition) is 3. The van der Waals surface area contributed by atoms with Gasteiger partial charge >= 0.3 is 5.97 Å². The molecule has 0 saturated carbocycles. The largest absolute Gasteiger partial charge is 0.478 e. The molecule has 17 heavy (non-hydrogen) atoms. The molecule has 0 fully saturated rings. The lowest BCUT2D eigenvalue weighted by Gasteiger charge is -2.08. The van der Waals surface area contributed by atoms with E-state index in [1.807, 2.05) is 0 Å². The predicted molar refractivity (Wildman–Crippen MR) is 64.6 cm³/mol. The smallest absolute Gasteiger partial charge is 0.337 e. The van der Waals surface area contributed by atoms with Crippen LogP contribution in [0.25, 0.3) is 0 Å². The zero-order chi connectivity index (χ0) is 13.1. The summed E-state index contributed by atoms with van der Waals surface area (Å²) in [5.41, 5.74) is 0.110. The minimum atomic E-state index is -3.64. The molecule has 1 aromatic carbocycles. The van der Waals surface area contributed by atoms with Crippen LogP contribution in [0.1, 0.15) is 17.3 Å². The summed E-state index contributed by atoms with van der Waals surface area (Å²) in [5, 5.41) is 8.70. The number of aromatic carboxylic acids is 1. The summed E-state index contributed by atoms with van der Waals surface area (Å²) in [6.07, 6.45) is 0. The maximum absolute atomic E-state index is 11.3. The normalized spacial score (nSPS) is 11.2. The molecule has 1 rings (SSSR count). The van der Waals surface area contributed by atoms with Crippen LogP contribution in [-0.2, 0) is 10.2 Å². The second kappa shape index (κ2) is 5.35. The van der Waals surface area contributed by atoms with Gasteiger partial charge < -0.3 is 5.11 Å². The minimum Gasteiger partial charge on any atom is -0.478 e. The van der Waals surface area contributed by atoms with Gasteiger partial charge in [-0.3, -0.25) is 4.72 Å². The third-order valence-electron chi connectivity index (χ3n) is 1.79. The van der Waals surface area contributed by atoms with Crippen molar-refractivity contribution in [3.8, 4) is 0 Å².